The summed E-state index contributed by atoms with van der Waals surface area (Å²) in [7, 11) is 0. The number of carboxylic acids is 1. The van der Waals surface area contributed by atoms with Gasteiger partial charge in [-0.05, 0) is 5.56 Å². The van der Waals surface area contributed by atoms with Crippen LogP contribution >= 0.6 is 0 Å². The van der Waals surface area contributed by atoms with Crippen LogP contribution in [0.4, 0.5) is 0 Å². The number of nitrogens with zero attached hydrogens (tertiary/aromatic N) is 1. The van der Waals surface area contributed by atoms with Crippen LogP contribution in [0.1, 0.15) is 12.0 Å². The molecule has 2 N–H and O–H groups in total. The number of piperazine rings is 1. The van der Waals surface area contributed by atoms with Gasteiger partial charge < -0.3 is 15.3 Å². The molecular weight excluding hydrogens is 232 g/mol. The lowest BCUT2D eigenvalue weighted by Gasteiger charge is -2.32. The van der Waals surface area contributed by atoms with Gasteiger partial charge in [0.2, 0.25) is 5.91 Å². The van der Waals surface area contributed by atoms with Gasteiger partial charge in [0, 0.05) is 19.6 Å². The predicted molar refractivity (Wildman–Crippen MR) is 65.9 cm³/mol. The van der Waals surface area contributed by atoms with E-state index >= 15 is 0 Å². The summed E-state index contributed by atoms with van der Waals surface area (Å²) in [6, 6.07) is 9.10. The first-order valence-corrected chi connectivity index (χ1v) is 5.94. The highest BCUT2D eigenvalue weighted by Gasteiger charge is 2.29. The Labute approximate surface area is 105 Å². The van der Waals surface area contributed by atoms with Crippen molar-refractivity contribution in [2.24, 2.45) is 0 Å². The summed E-state index contributed by atoms with van der Waals surface area (Å²) in [6.07, 6.45) is -0.163. The van der Waals surface area contributed by atoms with Crippen LogP contribution in [-0.2, 0) is 16.1 Å². The molecule has 5 nitrogen and oxygen atoms in total. The Morgan fingerprint density at radius 3 is 2.78 bits per heavy atom. The topological polar surface area (TPSA) is 69.6 Å². The highest BCUT2D eigenvalue weighted by atomic mass is 16.4. The number of amides is 1. The fourth-order valence-electron chi connectivity index (χ4n) is 2.09. The zero-order valence-corrected chi connectivity index (χ0v) is 10.0. The summed E-state index contributed by atoms with van der Waals surface area (Å²) >= 11 is 0. The van der Waals surface area contributed by atoms with E-state index in [1.165, 1.54) is 0 Å². The number of benzene rings is 1. The van der Waals surface area contributed by atoms with E-state index in [1.807, 2.05) is 30.3 Å². The maximum atomic E-state index is 12.1. The van der Waals surface area contributed by atoms with Gasteiger partial charge in [-0.2, -0.15) is 0 Å². The number of hydrogen-bond acceptors (Lipinski definition) is 3. The van der Waals surface area contributed by atoms with Crippen LogP contribution in [0.15, 0.2) is 30.3 Å². The molecule has 1 heterocycles. The molecule has 1 atom stereocenters. The highest BCUT2D eigenvalue weighted by molar-refractivity contribution is 5.86. The molecule has 1 unspecified atom stereocenters. The van der Waals surface area contributed by atoms with E-state index in [1.54, 1.807) is 4.90 Å². The zero-order chi connectivity index (χ0) is 13.0. The molecule has 0 saturated carbocycles. The molecule has 5 heteroatoms. The molecule has 1 amide bonds. The van der Waals surface area contributed by atoms with Crippen molar-refractivity contribution in [3.8, 4) is 0 Å². The molecule has 1 saturated heterocycles. The van der Waals surface area contributed by atoms with Crippen LogP contribution in [0.2, 0.25) is 0 Å². The first-order valence-electron chi connectivity index (χ1n) is 5.94. The first kappa shape index (κ1) is 12.6. The largest absolute Gasteiger partial charge is 0.481 e. The number of carbonyl (C=O) groups is 2. The van der Waals surface area contributed by atoms with E-state index in [0.29, 0.717) is 19.6 Å². The van der Waals surface area contributed by atoms with E-state index in [-0.39, 0.29) is 12.3 Å². The van der Waals surface area contributed by atoms with Gasteiger partial charge in [-0.3, -0.25) is 9.59 Å². The molecule has 1 aliphatic heterocycles. The highest BCUT2D eigenvalue weighted by Crippen LogP contribution is 2.10. The van der Waals surface area contributed by atoms with Gasteiger partial charge in [0.1, 0.15) is 0 Å². The average Bonchev–Trinajstić information content (AvgIpc) is 2.35. The smallest absolute Gasteiger partial charge is 0.305 e. The third-order valence-electron chi connectivity index (χ3n) is 2.98. The molecule has 1 aromatic carbocycles. The third kappa shape index (κ3) is 3.07. The molecule has 0 spiro atoms. The van der Waals surface area contributed by atoms with Crippen molar-refractivity contribution < 1.29 is 14.7 Å². The minimum atomic E-state index is -0.956. The molecule has 1 aromatic rings. The van der Waals surface area contributed by atoms with Gasteiger partial charge >= 0.3 is 5.97 Å². The summed E-state index contributed by atoms with van der Waals surface area (Å²) in [5.41, 5.74) is 1.06. The lowest BCUT2D eigenvalue weighted by Crippen LogP contribution is -2.55. The van der Waals surface area contributed by atoms with E-state index in [4.69, 9.17) is 5.11 Å². The number of nitrogens with one attached hydrogen (secondary N) is 1. The van der Waals surface area contributed by atoms with Gasteiger partial charge in [-0.25, -0.2) is 0 Å². The Hall–Kier alpha value is -1.88. The fourth-order valence-corrected chi connectivity index (χ4v) is 2.09. The van der Waals surface area contributed by atoms with Crippen molar-refractivity contribution in [2.75, 3.05) is 13.1 Å². The SMILES string of the molecule is O=C(O)CC1NCCN(Cc2ccccc2)C1=O. The third-order valence-corrected chi connectivity index (χ3v) is 2.98. The van der Waals surface area contributed by atoms with Crippen LogP contribution in [0.3, 0.4) is 0 Å². The van der Waals surface area contributed by atoms with Crippen molar-refractivity contribution in [3.63, 3.8) is 0 Å². The first-order chi connectivity index (χ1) is 8.66. The minimum absolute atomic E-state index is 0.132. The Kier molecular flexibility index (Phi) is 3.94. The van der Waals surface area contributed by atoms with Gasteiger partial charge in [-0.15, -0.1) is 0 Å². The predicted octanol–water partition coefficient (Wildman–Crippen LogP) is 0.462. The standard InChI is InChI=1S/C13H16N2O3/c16-12(17)8-11-13(18)15(7-6-14-11)9-10-4-2-1-3-5-10/h1-5,11,14H,6-9H2,(H,16,17). The van der Waals surface area contributed by atoms with Crippen LogP contribution in [-0.4, -0.2) is 41.0 Å². The van der Waals surface area contributed by atoms with Gasteiger partial charge in [0.05, 0.1) is 12.5 Å². The number of carbonyl (C=O) groups excluding carboxylic acids is 1. The Balaban J connectivity index is 2.00. The van der Waals surface area contributed by atoms with Crippen LogP contribution < -0.4 is 5.32 Å². The molecule has 18 heavy (non-hydrogen) atoms. The Morgan fingerprint density at radius 2 is 2.11 bits per heavy atom. The lowest BCUT2D eigenvalue weighted by atomic mass is 10.1. The van der Waals surface area contributed by atoms with Crippen LogP contribution in [0.25, 0.3) is 0 Å². The van der Waals surface area contributed by atoms with E-state index in [0.717, 1.165) is 5.56 Å². The molecule has 2 rings (SSSR count). The fraction of sp³-hybridized carbons (Fsp3) is 0.385. The molecular formula is C13H16N2O3. The van der Waals surface area contributed by atoms with Crippen molar-refractivity contribution >= 4 is 11.9 Å². The van der Waals surface area contributed by atoms with Crippen molar-refractivity contribution in [2.45, 2.75) is 19.0 Å². The zero-order valence-electron chi connectivity index (χ0n) is 10.0. The monoisotopic (exact) mass is 248 g/mol. The van der Waals surface area contributed by atoms with Crippen LogP contribution in [0.5, 0.6) is 0 Å². The molecule has 0 aliphatic carbocycles. The number of carboxylic acid groups (broad SMARTS) is 1. The molecule has 0 bridgehead atoms. The molecule has 96 valence electrons. The molecule has 0 aromatic heterocycles. The molecule has 1 aliphatic rings. The maximum Gasteiger partial charge on any atom is 0.305 e. The van der Waals surface area contributed by atoms with Gasteiger partial charge in [0.25, 0.3) is 0 Å². The summed E-state index contributed by atoms with van der Waals surface area (Å²) < 4.78 is 0. The minimum Gasteiger partial charge on any atom is -0.481 e. The number of aliphatic carboxylic acids is 1. The molecule has 1 fully saturated rings. The maximum absolute atomic E-state index is 12.1. The van der Waals surface area contributed by atoms with Crippen molar-refractivity contribution in [1.82, 2.24) is 10.2 Å². The summed E-state index contributed by atoms with van der Waals surface area (Å²) in [6.45, 7) is 1.79. The number of hydrogen-bond donors (Lipinski definition) is 2. The quantitative estimate of drug-likeness (QED) is 0.812. The van der Waals surface area contributed by atoms with Gasteiger partial charge in [0.15, 0.2) is 0 Å². The lowest BCUT2D eigenvalue weighted by molar-refractivity contribution is -0.144. The average molecular weight is 248 g/mol. The number of rotatable bonds is 4. The Bertz CT molecular complexity index is 433. The second kappa shape index (κ2) is 5.64. The van der Waals surface area contributed by atoms with Crippen LogP contribution in [0, 0.1) is 0 Å². The second-order valence-electron chi connectivity index (χ2n) is 4.35. The summed E-state index contributed by atoms with van der Waals surface area (Å²) in [5.74, 6) is -1.09. The normalized spacial score (nSPS) is 19.9. The van der Waals surface area contributed by atoms with E-state index in [2.05, 4.69) is 5.32 Å². The van der Waals surface area contributed by atoms with E-state index < -0.39 is 12.0 Å². The Morgan fingerprint density at radius 1 is 1.39 bits per heavy atom. The summed E-state index contributed by atoms with van der Waals surface area (Å²) in [5, 5.41) is 11.7. The molecule has 0 radical (unpaired) electrons. The van der Waals surface area contributed by atoms with Crippen molar-refractivity contribution in [1.29, 1.82) is 0 Å². The summed E-state index contributed by atoms with van der Waals surface area (Å²) in [4.78, 5) is 24.4. The van der Waals surface area contributed by atoms with E-state index in [9.17, 15) is 9.59 Å². The van der Waals surface area contributed by atoms with Crippen molar-refractivity contribution in [3.05, 3.63) is 35.9 Å². The van der Waals surface area contributed by atoms with Gasteiger partial charge in [-0.1, -0.05) is 30.3 Å². The second-order valence-corrected chi connectivity index (χ2v) is 4.35.